The molecule has 8 heteroatoms. The second-order valence-electron chi connectivity index (χ2n) is 8.22. The van der Waals surface area contributed by atoms with Crippen LogP contribution < -0.4 is 14.4 Å². The fourth-order valence-electron chi connectivity index (χ4n) is 4.43. The van der Waals surface area contributed by atoms with E-state index in [0.717, 1.165) is 17.7 Å². The van der Waals surface area contributed by atoms with Crippen LogP contribution in [0.5, 0.6) is 11.5 Å². The van der Waals surface area contributed by atoms with Crippen molar-refractivity contribution >= 4 is 11.9 Å². The Balaban J connectivity index is 1.30. The Morgan fingerprint density at radius 1 is 1.20 bits per heavy atom. The minimum atomic E-state index is -0.615. The van der Waals surface area contributed by atoms with Crippen molar-refractivity contribution < 1.29 is 19.0 Å². The second kappa shape index (κ2) is 7.43. The van der Waals surface area contributed by atoms with Crippen LogP contribution >= 0.6 is 0 Å². The van der Waals surface area contributed by atoms with Crippen molar-refractivity contribution in [2.24, 2.45) is 0 Å². The van der Waals surface area contributed by atoms with E-state index in [9.17, 15) is 4.79 Å². The van der Waals surface area contributed by atoms with Crippen molar-refractivity contribution in [3.05, 3.63) is 41.7 Å². The molecular formula is C22H26N4O4. The van der Waals surface area contributed by atoms with Crippen molar-refractivity contribution in [1.82, 2.24) is 14.9 Å². The number of carbonyl (C=O) groups excluding carboxylic acids is 1. The summed E-state index contributed by atoms with van der Waals surface area (Å²) in [5, 5.41) is 0. The number of hydrogen-bond acceptors (Lipinski definition) is 7. The molecule has 0 bridgehead atoms. The lowest BCUT2D eigenvalue weighted by atomic mass is 9.83. The lowest BCUT2D eigenvalue weighted by molar-refractivity contribution is -0.150. The second-order valence-corrected chi connectivity index (χ2v) is 8.22. The third-order valence-corrected chi connectivity index (χ3v) is 6.10. The summed E-state index contributed by atoms with van der Waals surface area (Å²) < 4.78 is 17.9. The van der Waals surface area contributed by atoms with E-state index in [1.165, 1.54) is 0 Å². The van der Waals surface area contributed by atoms with Crippen molar-refractivity contribution in [2.75, 3.05) is 45.3 Å². The number of nitrogens with zero attached hydrogens (tertiary/aromatic N) is 4. The molecule has 158 valence electrons. The summed E-state index contributed by atoms with van der Waals surface area (Å²) in [7, 11) is 3.87. The van der Waals surface area contributed by atoms with Crippen LogP contribution in [0, 0.1) is 0 Å². The Labute approximate surface area is 175 Å². The summed E-state index contributed by atoms with van der Waals surface area (Å²) in [4.78, 5) is 26.1. The Morgan fingerprint density at radius 3 is 2.73 bits per heavy atom. The highest BCUT2D eigenvalue weighted by Gasteiger charge is 2.44. The van der Waals surface area contributed by atoms with Crippen LogP contribution in [0.4, 0.5) is 5.95 Å². The maximum atomic E-state index is 13.1. The molecule has 0 radical (unpaired) electrons. The number of hydrogen-bond donors (Lipinski definition) is 0. The summed E-state index contributed by atoms with van der Waals surface area (Å²) in [5.74, 6) is 1.95. The molecule has 1 fully saturated rings. The molecule has 4 heterocycles. The normalized spacial score (nSPS) is 21.8. The Bertz CT molecular complexity index is 956. The quantitative estimate of drug-likeness (QED) is 0.747. The Kier molecular flexibility index (Phi) is 4.73. The van der Waals surface area contributed by atoms with Gasteiger partial charge in [0.2, 0.25) is 12.1 Å². The molecule has 1 unspecified atom stereocenters. The minimum Gasteiger partial charge on any atom is -0.485 e. The summed E-state index contributed by atoms with van der Waals surface area (Å²) in [6.45, 7) is 2.08. The molecule has 30 heavy (non-hydrogen) atoms. The van der Waals surface area contributed by atoms with E-state index < -0.39 is 11.7 Å². The molecule has 2 aromatic rings. The SMILES string of the molecule is CN(C)c1ncc2c(n1)C1(CCN(C(=O)C3COc4ccccc4O3)CC1)OCC2. The molecule has 3 aliphatic heterocycles. The van der Waals surface area contributed by atoms with Gasteiger partial charge in [-0.25, -0.2) is 9.97 Å². The van der Waals surface area contributed by atoms with Gasteiger partial charge in [0.15, 0.2) is 11.5 Å². The molecule has 5 rings (SSSR count). The van der Waals surface area contributed by atoms with E-state index in [2.05, 4.69) is 4.98 Å². The number of para-hydroxylation sites is 2. The van der Waals surface area contributed by atoms with Crippen LogP contribution in [-0.2, 0) is 21.6 Å². The topological polar surface area (TPSA) is 77.0 Å². The van der Waals surface area contributed by atoms with Crippen LogP contribution in [-0.4, -0.2) is 67.3 Å². The number of benzene rings is 1. The molecule has 0 N–H and O–H groups in total. The van der Waals surface area contributed by atoms with Crippen LogP contribution in [0.2, 0.25) is 0 Å². The number of anilines is 1. The number of aromatic nitrogens is 2. The molecule has 1 amide bonds. The zero-order valence-corrected chi connectivity index (χ0v) is 17.3. The predicted octanol–water partition coefficient (Wildman–Crippen LogP) is 1.77. The van der Waals surface area contributed by atoms with Crippen LogP contribution in [0.15, 0.2) is 30.5 Å². The van der Waals surface area contributed by atoms with E-state index in [1.807, 2.05) is 54.4 Å². The first kappa shape index (κ1) is 19.1. The standard InChI is InChI=1S/C22H26N4O4/c1-25(2)21-23-13-15-7-12-29-22(19(15)24-21)8-10-26(11-9-22)20(27)18-14-28-16-5-3-4-6-17(16)30-18/h3-6,13,18H,7-12,14H2,1-2H3. The highest BCUT2D eigenvalue weighted by atomic mass is 16.6. The monoisotopic (exact) mass is 410 g/mol. The third kappa shape index (κ3) is 3.25. The summed E-state index contributed by atoms with van der Waals surface area (Å²) in [5.41, 5.74) is 1.67. The molecular weight excluding hydrogens is 384 g/mol. The largest absolute Gasteiger partial charge is 0.485 e. The van der Waals surface area contributed by atoms with Gasteiger partial charge in [0.25, 0.3) is 5.91 Å². The predicted molar refractivity (Wildman–Crippen MR) is 110 cm³/mol. The smallest absolute Gasteiger partial charge is 0.267 e. The zero-order chi connectivity index (χ0) is 20.7. The summed E-state index contributed by atoms with van der Waals surface area (Å²) in [6.07, 6.45) is 3.54. The molecule has 1 atom stereocenters. The number of rotatable bonds is 2. The summed E-state index contributed by atoms with van der Waals surface area (Å²) >= 11 is 0. The lowest BCUT2D eigenvalue weighted by Crippen LogP contribution is -2.53. The van der Waals surface area contributed by atoms with Crippen LogP contribution in [0.3, 0.4) is 0 Å². The molecule has 8 nitrogen and oxygen atoms in total. The van der Waals surface area contributed by atoms with Gasteiger partial charge < -0.3 is 24.0 Å². The highest BCUT2D eigenvalue weighted by Crippen LogP contribution is 2.41. The Hall–Kier alpha value is -2.87. The molecule has 0 aliphatic carbocycles. The van der Waals surface area contributed by atoms with E-state index in [-0.39, 0.29) is 12.5 Å². The first-order valence-electron chi connectivity index (χ1n) is 10.4. The van der Waals surface area contributed by atoms with Gasteiger partial charge in [-0.1, -0.05) is 12.1 Å². The van der Waals surface area contributed by atoms with E-state index in [0.29, 0.717) is 50.0 Å². The third-order valence-electron chi connectivity index (χ3n) is 6.10. The van der Waals surface area contributed by atoms with Gasteiger partial charge in [-0.05, 0) is 37.0 Å². The molecule has 1 spiro atoms. The maximum Gasteiger partial charge on any atom is 0.267 e. The van der Waals surface area contributed by atoms with Gasteiger partial charge in [0.1, 0.15) is 12.2 Å². The molecule has 3 aliphatic rings. The minimum absolute atomic E-state index is 0.0351. The number of piperidine rings is 1. The van der Waals surface area contributed by atoms with Crippen molar-refractivity contribution in [2.45, 2.75) is 31.0 Å². The van der Waals surface area contributed by atoms with E-state index in [4.69, 9.17) is 19.2 Å². The van der Waals surface area contributed by atoms with Gasteiger partial charge >= 0.3 is 0 Å². The van der Waals surface area contributed by atoms with Gasteiger partial charge in [-0.3, -0.25) is 4.79 Å². The van der Waals surface area contributed by atoms with Crippen LogP contribution in [0.25, 0.3) is 0 Å². The van der Waals surface area contributed by atoms with Gasteiger partial charge in [-0.15, -0.1) is 0 Å². The average molecular weight is 410 g/mol. The van der Waals surface area contributed by atoms with E-state index >= 15 is 0 Å². The number of amides is 1. The van der Waals surface area contributed by atoms with Gasteiger partial charge in [0.05, 0.1) is 12.3 Å². The fraction of sp³-hybridized carbons (Fsp3) is 0.500. The van der Waals surface area contributed by atoms with Crippen molar-refractivity contribution in [3.63, 3.8) is 0 Å². The van der Waals surface area contributed by atoms with Crippen molar-refractivity contribution in [1.29, 1.82) is 0 Å². The van der Waals surface area contributed by atoms with Crippen LogP contribution in [0.1, 0.15) is 24.1 Å². The fourth-order valence-corrected chi connectivity index (χ4v) is 4.43. The molecule has 0 saturated carbocycles. The van der Waals surface area contributed by atoms with Gasteiger partial charge in [-0.2, -0.15) is 0 Å². The average Bonchev–Trinajstić information content (AvgIpc) is 2.79. The van der Waals surface area contributed by atoms with Gasteiger partial charge in [0, 0.05) is 33.4 Å². The molecule has 1 saturated heterocycles. The molecule has 1 aromatic carbocycles. The first-order valence-corrected chi connectivity index (χ1v) is 10.4. The maximum absolute atomic E-state index is 13.1. The lowest BCUT2D eigenvalue weighted by Gasteiger charge is -2.44. The zero-order valence-electron chi connectivity index (χ0n) is 17.3. The number of carbonyl (C=O) groups is 1. The van der Waals surface area contributed by atoms with E-state index in [1.54, 1.807) is 0 Å². The number of ether oxygens (including phenoxy) is 3. The summed E-state index contributed by atoms with van der Waals surface area (Å²) in [6, 6.07) is 7.44. The Morgan fingerprint density at radius 2 is 1.97 bits per heavy atom. The first-order chi connectivity index (χ1) is 14.6. The number of likely N-dealkylation sites (tertiary alicyclic amines) is 1. The van der Waals surface area contributed by atoms with Crippen molar-refractivity contribution in [3.8, 4) is 11.5 Å². The highest BCUT2D eigenvalue weighted by molar-refractivity contribution is 5.82. The number of fused-ring (bicyclic) bond motifs is 3. The molecule has 1 aromatic heterocycles.